The van der Waals surface area contributed by atoms with Gasteiger partial charge in [0.2, 0.25) is 5.91 Å². The third-order valence-corrected chi connectivity index (χ3v) is 12.4. The molecule has 46 heavy (non-hydrogen) atoms. The molecule has 2 saturated heterocycles. The van der Waals surface area contributed by atoms with Gasteiger partial charge >= 0.3 is 0 Å². The van der Waals surface area contributed by atoms with Gasteiger partial charge in [-0.3, -0.25) is 9.69 Å². The number of carbonyl (C=O) groups excluding carboxylic acids is 1. The van der Waals surface area contributed by atoms with Gasteiger partial charge in [-0.15, -0.1) is 0 Å². The molecule has 1 aromatic heterocycles. The number of rotatable bonds is 13. The van der Waals surface area contributed by atoms with E-state index in [0.29, 0.717) is 30.9 Å². The van der Waals surface area contributed by atoms with E-state index in [2.05, 4.69) is 35.8 Å². The summed E-state index contributed by atoms with van der Waals surface area (Å²) in [5.41, 5.74) is 0.968. The molecule has 4 N–H and O–H groups in total. The fraction of sp³-hybridized carbons (Fsp3) is 0.694. The number of fused-ring (bicyclic) bond motifs is 2. The van der Waals surface area contributed by atoms with Gasteiger partial charge in [-0.1, -0.05) is 32.0 Å². The number of furan rings is 1. The van der Waals surface area contributed by atoms with Gasteiger partial charge in [-0.05, 0) is 99.6 Å². The molecule has 5 aliphatic rings. The Labute approximate surface area is 273 Å². The normalized spacial score (nSPS) is 28.3. The average molecular weight is 639 g/mol. The summed E-state index contributed by atoms with van der Waals surface area (Å²) >= 11 is 0. The van der Waals surface area contributed by atoms with Crippen LogP contribution in [0.1, 0.15) is 64.2 Å². The Bertz CT molecular complexity index is 1280. The highest BCUT2D eigenvalue weighted by Crippen LogP contribution is 2.62. The van der Waals surface area contributed by atoms with Crippen LogP contribution in [-0.4, -0.2) is 118 Å². The molecule has 0 radical (unpaired) electrons. The number of hydrogen-bond donors (Lipinski definition) is 4. The third-order valence-electron chi connectivity index (χ3n) is 12.4. The van der Waals surface area contributed by atoms with Crippen molar-refractivity contribution in [2.75, 3.05) is 57.9 Å². The maximum Gasteiger partial charge on any atom is 0.250 e. The Morgan fingerprint density at radius 3 is 2.37 bits per heavy atom. The van der Waals surface area contributed by atoms with Crippen molar-refractivity contribution >= 4 is 11.6 Å². The van der Waals surface area contributed by atoms with Crippen LogP contribution in [0, 0.1) is 23.2 Å². The largest absolute Gasteiger partial charge is 0.468 e. The quantitative estimate of drug-likeness (QED) is 0.262. The smallest absolute Gasteiger partial charge is 0.250 e. The molecule has 3 heterocycles. The Morgan fingerprint density at radius 1 is 1.00 bits per heavy atom. The first-order valence-electron chi connectivity index (χ1n) is 17.3. The Balaban J connectivity index is 1.12. The summed E-state index contributed by atoms with van der Waals surface area (Å²) in [5.74, 6) is 3.19. The second-order valence-electron chi connectivity index (χ2n) is 15.0. The Kier molecular flexibility index (Phi) is 9.86. The first-order valence-corrected chi connectivity index (χ1v) is 17.3. The van der Waals surface area contributed by atoms with Crippen molar-refractivity contribution < 1.29 is 29.6 Å². The van der Waals surface area contributed by atoms with Crippen molar-refractivity contribution in [3.8, 4) is 0 Å². The monoisotopic (exact) mass is 638 g/mol. The summed E-state index contributed by atoms with van der Waals surface area (Å²) in [4.78, 5) is 23.0. The van der Waals surface area contributed by atoms with E-state index < -0.39 is 36.5 Å². The number of anilines is 1. The molecule has 1 amide bonds. The number of carbonyl (C=O) groups is 1. The number of likely N-dealkylation sites (N-methyl/N-ethyl adjacent to an activating group) is 1. The van der Waals surface area contributed by atoms with Gasteiger partial charge in [0.15, 0.2) is 0 Å². The van der Waals surface area contributed by atoms with Gasteiger partial charge in [0.1, 0.15) is 29.6 Å². The fourth-order valence-corrected chi connectivity index (χ4v) is 9.22. The topological polar surface area (TPSA) is 124 Å². The lowest BCUT2D eigenvalue weighted by Crippen LogP contribution is -2.57. The number of hydrogen-bond acceptors (Lipinski definition) is 9. The van der Waals surface area contributed by atoms with E-state index in [4.69, 9.17) is 4.42 Å². The number of likely N-dealkylation sites (tertiary alicyclic amines) is 1. The Morgan fingerprint density at radius 2 is 1.74 bits per heavy atom. The van der Waals surface area contributed by atoms with E-state index in [1.165, 1.54) is 31.9 Å². The second-order valence-corrected chi connectivity index (χ2v) is 15.0. The predicted molar refractivity (Wildman–Crippen MR) is 176 cm³/mol. The molecule has 10 heteroatoms. The van der Waals surface area contributed by atoms with Crippen LogP contribution in [-0.2, 0) is 4.79 Å². The lowest BCUT2D eigenvalue weighted by Gasteiger charge is -2.60. The molecular weight excluding hydrogens is 584 g/mol. The van der Waals surface area contributed by atoms with Gasteiger partial charge < -0.3 is 39.5 Å². The lowest BCUT2D eigenvalue weighted by molar-refractivity contribution is -0.134. The summed E-state index contributed by atoms with van der Waals surface area (Å²) in [6.45, 7) is 8.50. The van der Waals surface area contributed by atoms with Crippen molar-refractivity contribution in [1.29, 1.82) is 0 Å². The molecule has 1 aromatic carbocycles. The third kappa shape index (κ3) is 6.13. The van der Waals surface area contributed by atoms with Crippen LogP contribution >= 0.6 is 0 Å². The average Bonchev–Trinajstić information content (AvgIpc) is 3.70. The van der Waals surface area contributed by atoms with Crippen molar-refractivity contribution in [3.05, 3.63) is 54.5 Å². The molecule has 254 valence electrons. The molecule has 3 saturated carbocycles. The zero-order valence-corrected chi connectivity index (χ0v) is 27.7. The first-order chi connectivity index (χ1) is 22.1. The van der Waals surface area contributed by atoms with Crippen LogP contribution in [0.5, 0.6) is 0 Å². The second kappa shape index (κ2) is 13.6. The highest BCUT2D eigenvalue weighted by Gasteiger charge is 2.55. The highest BCUT2D eigenvalue weighted by molar-refractivity contribution is 5.93. The number of aliphatic hydroxyl groups excluding tert-OH is 4. The van der Waals surface area contributed by atoms with Crippen LogP contribution in [0.4, 0.5) is 5.69 Å². The maximum absolute atomic E-state index is 14.4. The summed E-state index contributed by atoms with van der Waals surface area (Å²) in [6, 6.07) is 12.9. The van der Waals surface area contributed by atoms with E-state index >= 15 is 0 Å². The fourth-order valence-electron chi connectivity index (χ4n) is 9.22. The van der Waals surface area contributed by atoms with Gasteiger partial charge in [-0.2, -0.15) is 0 Å². The van der Waals surface area contributed by atoms with Crippen molar-refractivity contribution in [2.45, 2.75) is 82.3 Å². The summed E-state index contributed by atoms with van der Waals surface area (Å²) in [5, 5.41) is 40.9. The maximum atomic E-state index is 14.4. The summed E-state index contributed by atoms with van der Waals surface area (Å²) in [6.07, 6.45) is 4.01. The molecule has 7 unspecified atom stereocenters. The van der Waals surface area contributed by atoms with E-state index in [-0.39, 0.29) is 5.91 Å². The van der Waals surface area contributed by atoms with Crippen LogP contribution < -0.4 is 4.90 Å². The van der Waals surface area contributed by atoms with Gasteiger partial charge in [-0.25, -0.2) is 0 Å². The zero-order valence-electron chi connectivity index (χ0n) is 27.7. The van der Waals surface area contributed by atoms with Gasteiger partial charge in [0, 0.05) is 31.9 Å². The number of benzene rings is 1. The highest BCUT2D eigenvalue weighted by atomic mass is 16.4. The van der Waals surface area contributed by atoms with Crippen LogP contribution in [0.15, 0.2) is 53.1 Å². The minimum atomic E-state index is -1.58. The number of aliphatic hydroxyl groups is 4. The van der Waals surface area contributed by atoms with Crippen molar-refractivity contribution in [1.82, 2.24) is 14.7 Å². The zero-order chi connectivity index (χ0) is 32.6. The van der Waals surface area contributed by atoms with E-state index in [9.17, 15) is 25.2 Å². The predicted octanol–water partition coefficient (Wildman–Crippen LogP) is 2.93. The number of nitrogens with zero attached hydrogens (tertiary/aromatic N) is 4. The van der Waals surface area contributed by atoms with E-state index in [0.717, 1.165) is 55.9 Å². The molecule has 7 atom stereocenters. The molecule has 2 aliphatic heterocycles. The number of piperidine rings is 1. The molecule has 2 bridgehead atoms. The van der Waals surface area contributed by atoms with E-state index in [1.54, 1.807) is 19.2 Å². The standard InChI is InChI=1S/C36H54N4O6/c1-35(2)26-12-11-25(28(35)22-26)13-16-38-17-14-36(15-18-38)34(45)39(24-40(36)27-8-5-4-6-9-27)20-19-37(3)31(30-10-7-21-46-30)33(44)32(43)29(42)23-41/h4-10,21,25-26,28-29,31-33,41-44H,11-20,22-24H2,1-3H3. The van der Waals surface area contributed by atoms with Crippen LogP contribution in [0.2, 0.25) is 0 Å². The van der Waals surface area contributed by atoms with Crippen molar-refractivity contribution in [3.63, 3.8) is 0 Å². The molecule has 2 aromatic rings. The van der Waals surface area contributed by atoms with Gasteiger partial charge in [0.05, 0.1) is 25.6 Å². The van der Waals surface area contributed by atoms with Crippen molar-refractivity contribution in [2.24, 2.45) is 23.2 Å². The minimum absolute atomic E-state index is 0.143. The Hall–Kier alpha value is -2.47. The molecule has 5 fully saturated rings. The lowest BCUT2D eigenvalue weighted by atomic mass is 9.45. The summed E-state index contributed by atoms with van der Waals surface area (Å²) < 4.78 is 5.60. The number of amides is 1. The van der Waals surface area contributed by atoms with E-state index in [1.807, 2.05) is 28.0 Å². The molecule has 1 spiro atoms. The SMILES string of the molecule is CN(CCN1CN(c2ccccc2)C2(CCN(CCC3CCC4CC3C4(C)C)CC2)C1=O)C(c1ccco1)C(O)C(O)C(O)CO. The molecule has 7 rings (SSSR count). The van der Waals surface area contributed by atoms with Gasteiger partial charge in [0.25, 0.3) is 0 Å². The first kappa shape index (κ1) is 33.4. The van der Waals surface area contributed by atoms with Crippen LogP contribution in [0.3, 0.4) is 0 Å². The minimum Gasteiger partial charge on any atom is -0.468 e. The summed E-state index contributed by atoms with van der Waals surface area (Å²) in [7, 11) is 1.80. The number of para-hydroxylation sites is 1. The van der Waals surface area contributed by atoms with Crippen LogP contribution in [0.25, 0.3) is 0 Å². The molecule has 10 nitrogen and oxygen atoms in total. The molecular formula is C36H54N4O6. The molecule has 3 aliphatic carbocycles.